The maximum Gasteiger partial charge on any atom is 0.319 e. The minimum absolute atomic E-state index is 0.260. The van der Waals surface area contributed by atoms with Gasteiger partial charge in [0.05, 0.1) is 6.61 Å². The highest BCUT2D eigenvalue weighted by molar-refractivity contribution is 8.00. The molecule has 0 radical (unpaired) electrons. The predicted molar refractivity (Wildman–Crippen MR) is 67.4 cm³/mol. The van der Waals surface area contributed by atoms with Crippen LogP contribution in [0.3, 0.4) is 0 Å². The van der Waals surface area contributed by atoms with Gasteiger partial charge in [-0.05, 0) is 31.5 Å². The molecule has 0 aromatic heterocycles. The minimum atomic E-state index is -0.379. The number of carbonyl (C=O) groups excluding carboxylic acids is 1. The van der Waals surface area contributed by atoms with E-state index in [9.17, 15) is 9.18 Å². The Kier molecular flexibility index (Phi) is 5.28. The fraction of sp³-hybridized carbons (Fsp3) is 0.417. The largest absolute Gasteiger partial charge is 0.465 e. The van der Waals surface area contributed by atoms with E-state index in [1.165, 1.54) is 23.9 Å². The molecule has 1 rings (SSSR count). The van der Waals surface area contributed by atoms with Gasteiger partial charge >= 0.3 is 5.97 Å². The topological polar surface area (TPSA) is 52.3 Å². The maximum atomic E-state index is 12.9. The Morgan fingerprint density at radius 2 is 2.24 bits per heavy atom. The molecule has 0 aliphatic carbocycles. The summed E-state index contributed by atoms with van der Waals surface area (Å²) in [5, 5.41) is -0.303. The van der Waals surface area contributed by atoms with Crippen molar-refractivity contribution in [3.8, 4) is 0 Å². The van der Waals surface area contributed by atoms with E-state index in [4.69, 9.17) is 10.5 Å². The summed E-state index contributed by atoms with van der Waals surface area (Å²) < 4.78 is 17.8. The number of hydrogen-bond donors (Lipinski definition) is 1. The number of halogens is 1. The van der Waals surface area contributed by atoms with Crippen LogP contribution in [-0.2, 0) is 9.53 Å². The smallest absolute Gasteiger partial charge is 0.319 e. The Morgan fingerprint density at radius 1 is 1.53 bits per heavy atom. The number of ether oxygens (including phenoxy) is 1. The van der Waals surface area contributed by atoms with Crippen molar-refractivity contribution in [3.05, 3.63) is 24.0 Å². The van der Waals surface area contributed by atoms with E-state index in [0.29, 0.717) is 23.6 Å². The molecule has 1 unspecified atom stereocenters. The zero-order valence-corrected chi connectivity index (χ0v) is 10.7. The van der Waals surface area contributed by atoms with Crippen molar-refractivity contribution in [2.75, 3.05) is 12.3 Å². The number of nitrogens with two attached hydrogens (primary N) is 1. The zero-order valence-electron chi connectivity index (χ0n) is 9.90. The molecule has 17 heavy (non-hydrogen) atoms. The molecule has 94 valence electrons. The Hall–Kier alpha value is -1.23. The van der Waals surface area contributed by atoms with E-state index in [1.54, 1.807) is 13.0 Å². The summed E-state index contributed by atoms with van der Waals surface area (Å²) in [6, 6.07) is 4.16. The molecule has 0 saturated heterocycles. The summed E-state index contributed by atoms with van der Waals surface area (Å²) in [7, 11) is 0. The first-order chi connectivity index (χ1) is 8.08. The average Bonchev–Trinajstić information content (AvgIpc) is 2.28. The quantitative estimate of drug-likeness (QED) is 0.500. The van der Waals surface area contributed by atoms with Crippen LogP contribution in [0.2, 0.25) is 0 Å². The van der Waals surface area contributed by atoms with Gasteiger partial charge < -0.3 is 10.5 Å². The average molecular weight is 257 g/mol. The summed E-state index contributed by atoms with van der Waals surface area (Å²) in [6.45, 7) is 4.02. The molecule has 0 heterocycles. The van der Waals surface area contributed by atoms with Crippen LogP contribution in [0.4, 0.5) is 10.1 Å². The van der Waals surface area contributed by atoms with Gasteiger partial charge in [-0.1, -0.05) is 6.92 Å². The number of benzene rings is 1. The summed E-state index contributed by atoms with van der Waals surface area (Å²) >= 11 is 1.31. The van der Waals surface area contributed by atoms with Crippen LogP contribution < -0.4 is 5.73 Å². The van der Waals surface area contributed by atoms with Crippen molar-refractivity contribution in [3.63, 3.8) is 0 Å². The van der Waals surface area contributed by atoms with Gasteiger partial charge in [0, 0.05) is 10.6 Å². The highest BCUT2D eigenvalue weighted by atomic mass is 32.2. The van der Waals surface area contributed by atoms with Crippen molar-refractivity contribution in [1.82, 2.24) is 0 Å². The monoisotopic (exact) mass is 257 g/mol. The summed E-state index contributed by atoms with van der Waals surface area (Å²) in [6.07, 6.45) is 0.639. The van der Waals surface area contributed by atoms with Crippen LogP contribution in [0, 0.1) is 5.82 Å². The van der Waals surface area contributed by atoms with Crippen LogP contribution in [0.15, 0.2) is 23.1 Å². The third-order valence-electron chi connectivity index (χ3n) is 2.16. The van der Waals surface area contributed by atoms with Crippen molar-refractivity contribution < 1.29 is 13.9 Å². The van der Waals surface area contributed by atoms with Crippen LogP contribution in [0.5, 0.6) is 0 Å². The lowest BCUT2D eigenvalue weighted by atomic mass is 10.3. The Balaban J connectivity index is 2.77. The highest BCUT2D eigenvalue weighted by Crippen LogP contribution is 2.31. The zero-order chi connectivity index (χ0) is 12.8. The summed E-state index contributed by atoms with van der Waals surface area (Å²) in [4.78, 5) is 12.3. The predicted octanol–water partition coefficient (Wildman–Crippen LogP) is 2.84. The third-order valence-corrected chi connectivity index (χ3v) is 3.60. The van der Waals surface area contributed by atoms with Gasteiger partial charge in [0.2, 0.25) is 0 Å². The van der Waals surface area contributed by atoms with Gasteiger partial charge in [0.25, 0.3) is 0 Å². The molecule has 5 heteroatoms. The highest BCUT2D eigenvalue weighted by Gasteiger charge is 2.20. The fourth-order valence-corrected chi connectivity index (χ4v) is 2.29. The van der Waals surface area contributed by atoms with Gasteiger partial charge in [-0.25, -0.2) is 4.39 Å². The molecule has 0 amide bonds. The second kappa shape index (κ2) is 6.49. The van der Waals surface area contributed by atoms with Gasteiger partial charge in [-0.3, -0.25) is 4.79 Å². The number of thioether (sulfide) groups is 1. The number of anilines is 1. The van der Waals surface area contributed by atoms with Crippen molar-refractivity contribution in [1.29, 1.82) is 0 Å². The van der Waals surface area contributed by atoms with Crippen molar-refractivity contribution >= 4 is 23.4 Å². The molecule has 0 aliphatic heterocycles. The number of rotatable bonds is 5. The summed E-state index contributed by atoms with van der Waals surface area (Å²) in [5.41, 5.74) is 6.03. The molecule has 1 aromatic rings. The third kappa shape index (κ3) is 3.93. The molecule has 3 nitrogen and oxygen atoms in total. The van der Waals surface area contributed by atoms with E-state index in [-0.39, 0.29) is 17.0 Å². The van der Waals surface area contributed by atoms with E-state index in [0.717, 1.165) is 0 Å². The van der Waals surface area contributed by atoms with Crippen molar-refractivity contribution in [2.45, 2.75) is 30.4 Å². The maximum absolute atomic E-state index is 12.9. The molecular formula is C12H16FNO2S. The minimum Gasteiger partial charge on any atom is -0.465 e. The van der Waals surface area contributed by atoms with Crippen molar-refractivity contribution in [2.24, 2.45) is 0 Å². The van der Waals surface area contributed by atoms with Gasteiger partial charge in [-0.2, -0.15) is 0 Å². The molecule has 0 aliphatic rings. The first-order valence-corrected chi connectivity index (χ1v) is 6.34. The SMILES string of the molecule is CCOC(=O)C(CC)Sc1ccc(F)cc1N. The second-order valence-electron chi connectivity index (χ2n) is 3.45. The molecule has 0 spiro atoms. The van der Waals surface area contributed by atoms with Crippen LogP contribution in [0.25, 0.3) is 0 Å². The lowest BCUT2D eigenvalue weighted by Crippen LogP contribution is -2.19. The van der Waals surface area contributed by atoms with Crippen LogP contribution in [-0.4, -0.2) is 17.8 Å². The second-order valence-corrected chi connectivity index (χ2v) is 4.69. The van der Waals surface area contributed by atoms with Gasteiger partial charge in [-0.15, -0.1) is 11.8 Å². The Bertz CT molecular complexity index is 398. The van der Waals surface area contributed by atoms with E-state index < -0.39 is 0 Å². The first kappa shape index (κ1) is 13.8. The van der Waals surface area contributed by atoms with Crippen LogP contribution >= 0.6 is 11.8 Å². The Morgan fingerprint density at radius 3 is 2.76 bits per heavy atom. The fourth-order valence-electron chi connectivity index (χ4n) is 1.31. The molecule has 0 bridgehead atoms. The number of nitrogen functional groups attached to an aromatic ring is 1. The lowest BCUT2D eigenvalue weighted by Gasteiger charge is -2.14. The lowest BCUT2D eigenvalue weighted by molar-refractivity contribution is -0.142. The normalized spacial score (nSPS) is 12.2. The van der Waals surface area contributed by atoms with E-state index >= 15 is 0 Å². The van der Waals surface area contributed by atoms with Gasteiger partial charge in [0.1, 0.15) is 11.1 Å². The van der Waals surface area contributed by atoms with E-state index in [2.05, 4.69) is 0 Å². The molecule has 1 atom stereocenters. The molecule has 0 fully saturated rings. The van der Waals surface area contributed by atoms with E-state index in [1.807, 2.05) is 6.92 Å². The number of carbonyl (C=O) groups is 1. The summed E-state index contributed by atoms with van der Waals surface area (Å²) in [5.74, 6) is -0.639. The standard InChI is InChI=1S/C12H16FNO2S/c1-3-10(12(15)16-4-2)17-11-6-5-8(13)7-9(11)14/h5-7,10H,3-4,14H2,1-2H3. The molecule has 1 aromatic carbocycles. The number of esters is 1. The molecule has 2 N–H and O–H groups in total. The van der Waals surface area contributed by atoms with Gasteiger partial charge in [0.15, 0.2) is 0 Å². The molecule has 0 saturated carbocycles. The van der Waals surface area contributed by atoms with Crippen LogP contribution in [0.1, 0.15) is 20.3 Å². The Labute approximate surface area is 105 Å². The molecular weight excluding hydrogens is 241 g/mol. The number of hydrogen-bond acceptors (Lipinski definition) is 4. The first-order valence-electron chi connectivity index (χ1n) is 5.46.